The highest BCUT2D eigenvalue weighted by Gasteiger charge is 2.38. The van der Waals surface area contributed by atoms with Crippen LogP contribution in [0, 0.1) is 6.92 Å². The molecule has 0 radical (unpaired) electrons. The summed E-state index contributed by atoms with van der Waals surface area (Å²) in [6, 6.07) is 1.34. The summed E-state index contributed by atoms with van der Waals surface area (Å²) in [7, 11) is 1.62. The van der Waals surface area contributed by atoms with Gasteiger partial charge in [0.15, 0.2) is 5.65 Å². The Hall–Kier alpha value is -2.52. The number of nitrogens with two attached hydrogens (primary N) is 1. The molecule has 1 aliphatic heterocycles. The van der Waals surface area contributed by atoms with E-state index in [1.807, 2.05) is 19.9 Å². The molecule has 0 bridgehead atoms. The van der Waals surface area contributed by atoms with Crippen LogP contribution in [0.15, 0.2) is 12.4 Å². The Morgan fingerprint density at radius 1 is 1.24 bits per heavy atom. The summed E-state index contributed by atoms with van der Waals surface area (Å²) in [6.07, 6.45) is -1.57. The van der Waals surface area contributed by atoms with E-state index in [4.69, 9.17) is 22.1 Å². The first-order chi connectivity index (χ1) is 15.5. The maximum atomic E-state index is 13.7. The minimum absolute atomic E-state index is 0.0277. The lowest BCUT2D eigenvalue weighted by Gasteiger charge is -2.48. The third-order valence-corrected chi connectivity index (χ3v) is 6.96. The van der Waals surface area contributed by atoms with E-state index in [0.29, 0.717) is 10.8 Å². The third-order valence-electron chi connectivity index (χ3n) is 6.56. The Balaban J connectivity index is 1.84. The molecule has 2 aromatic heterocycles. The highest BCUT2D eigenvalue weighted by Crippen LogP contribution is 2.45. The molecule has 1 aromatic carbocycles. The van der Waals surface area contributed by atoms with Gasteiger partial charge in [-0.1, -0.05) is 11.6 Å². The predicted molar refractivity (Wildman–Crippen MR) is 125 cm³/mol. The summed E-state index contributed by atoms with van der Waals surface area (Å²) in [5.41, 5.74) is 8.54. The summed E-state index contributed by atoms with van der Waals surface area (Å²) >= 11 is 6.67. The van der Waals surface area contributed by atoms with Gasteiger partial charge in [0.1, 0.15) is 23.6 Å². The van der Waals surface area contributed by atoms with Crippen LogP contribution in [0.3, 0.4) is 0 Å². The van der Waals surface area contributed by atoms with Gasteiger partial charge in [0, 0.05) is 40.7 Å². The largest absolute Gasteiger partial charge is 0.496 e. The Morgan fingerprint density at radius 2 is 1.91 bits per heavy atom. The smallest absolute Gasteiger partial charge is 0.282 e. The molecule has 2 N–H and O–H groups in total. The van der Waals surface area contributed by atoms with Crippen molar-refractivity contribution in [2.45, 2.75) is 58.5 Å². The van der Waals surface area contributed by atoms with Crippen LogP contribution in [-0.4, -0.2) is 50.4 Å². The van der Waals surface area contributed by atoms with Gasteiger partial charge >= 0.3 is 0 Å². The van der Waals surface area contributed by atoms with E-state index in [0.717, 1.165) is 29.8 Å². The van der Waals surface area contributed by atoms with Crippen molar-refractivity contribution in [3.63, 3.8) is 0 Å². The first-order valence-electron chi connectivity index (χ1n) is 10.8. The van der Waals surface area contributed by atoms with Crippen molar-refractivity contribution in [2.24, 2.45) is 0 Å². The summed E-state index contributed by atoms with van der Waals surface area (Å²) in [5, 5.41) is 4.85. The lowest BCUT2D eigenvalue weighted by Crippen LogP contribution is -2.54. The number of fused-ring (bicyclic) bond motifs is 1. The summed E-state index contributed by atoms with van der Waals surface area (Å²) in [4.78, 5) is 10.5. The number of hydrogen-bond donors (Lipinski definition) is 1. The number of ether oxygens (including phenoxy) is 1. The fourth-order valence-electron chi connectivity index (χ4n) is 4.58. The molecular formula is C23H29ClF2N6O. The number of aromatic nitrogens is 4. The minimum atomic E-state index is -2.81. The summed E-state index contributed by atoms with van der Waals surface area (Å²) < 4.78 is 34.8. The van der Waals surface area contributed by atoms with E-state index in [1.165, 1.54) is 11.0 Å². The lowest BCUT2D eigenvalue weighted by molar-refractivity contribution is 0.0459. The number of nitrogen functional groups attached to an aromatic ring is 1. The molecule has 10 heteroatoms. The zero-order chi connectivity index (χ0) is 24.2. The Kier molecular flexibility index (Phi) is 5.99. The second-order valence-electron chi connectivity index (χ2n) is 9.56. The molecule has 3 heterocycles. The van der Waals surface area contributed by atoms with E-state index >= 15 is 0 Å². The monoisotopic (exact) mass is 478 g/mol. The highest BCUT2D eigenvalue weighted by molar-refractivity contribution is 6.31. The van der Waals surface area contributed by atoms with E-state index in [-0.39, 0.29) is 28.3 Å². The first-order valence-corrected chi connectivity index (χ1v) is 11.2. The number of nitrogens with zero attached hydrogens (tertiary/aromatic N) is 5. The first kappa shape index (κ1) is 23.6. The second-order valence-corrected chi connectivity index (χ2v) is 9.96. The van der Waals surface area contributed by atoms with Crippen molar-refractivity contribution in [3.05, 3.63) is 39.8 Å². The van der Waals surface area contributed by atoms with Crippen molar-refractivity contribution in [2.75, 3.05) is 25.9 Å². The lowest BCUT2D eigenvalue weighted by atomic mass is 9.82. The molecule has 1 unspecified atom stereocenters. The number of benzene rings is 1. The zero-order valence-corrected chi connectivity index (χ0v) is 20.4. The van der Waals surface area contributed by atoms with Crippen LogP contribution in [-0.2, 0) is 0 Å². The van der Waals surface area contributed by atoms with Gasteiger partial charge in [0.05, 0.1) is 18.5 Å². The van der Waals surface area contributed by atoms with Gasteiger partial charge in [-0.15, -0.1) is 0 Å². The second kappa shape index (κ2) is 8.36. The van der Waals surface area contributed by atoms with Crippen molar-refractivity contribution in [1.29, 1.82) is 0 Å². The van der Waals surface area contributed by atoms with Crippen molar-refractivity contribution in [3.8, 4) is 5.75 Å². The Morgan fingerprint density at radius 3 is 2.48 bits per heavy atom. The topological polar surface area (TPSA) is 82.1 Å². The molecule has 178 valence electrons. The minimum Gasteiger partial charge on any atom is -0.496 e. The number of methoxy groups -OCH3 is 1. The number of likely N-dealkylation sites (tertiary alicyclic amines) is 1. The molecule has 0 amide bonds. The SMILES string of the molecule is COc1c(C(C)n2nc(C(F)F)c3c(N)ncnc32)cc(Cl)c(C)c1C1CN(C(C)(C)C)C1. The summed E-state index contributed by atoms with van der Waals surface area (Å²) in [6.45, 7) is 12.2. The average molecular weight is 479 g/mol. The van der Waals surface area contributed by atoms with E-state index < -0.39 is 18.2 Å². The van der Waals surface area contributed by atoms with Crippen LogP contribution in [0.2, 0.25) is 5.02 Å². The third kappa shape index (κ3) is 3.91. The normalized spacial score (nSPS) is 16.4. The van der Waals surface area contributed by atoms with Crippen LogP contribution in [0.25, 0.3) is 11.0 Å². The van der Waals surface area contributed by atoms with E-state index in [1.54, 1.807) is 7.11 Å². The van der Waals surface area contributed by atoms with E-state index in [9.17, 15) is 8.78 Å². The molecule has 7 nitrogen and oxygen atoms in total. The molecule has 1 saturated heterocycles. The van der Waals surface area contributed by atoms with Crippen LogP contribution in [0.5, 0.6) is 5.75 Å². The number of halogens is 3. The van der Waals surface area contributed by atoms with Gasteiger partial charge in [-0.3, -0.25) is 4.90 Å². The Labute approximate surface area is 196 Å². The molecule has 3 aromatic rings. The van der Waals surface area contributed by atoms with Crippen molar-refractivity contribution >= 4 is 28.5 Å². The number of anilines is 1. The average Bonchev–Trinajstić information content (AvgIpc) is 3.09. The summed E-state index contributed by atoms with van der Waals surface area (Å²) in [5.74, 6) is 0.931. The van der Waals surface area contributed by atoms with Gasteiger partial charge in [-0.05, 0) is 46.2 Å². The molecule has 0 spiro atoms. The highest BCUT2D eigenvalue weighted by atomic mass is 35.5. The molecule has 4 rings (SSSR count). The van der Waals surface area contributed by atoms with Gasteiger partial charge in [-0.2, -0.15) is 5.10 Å². The van der Waals surface area contributed by atoms with Crippen LogP contribution in [0.1, 0.15) is 68.5 Å². The molecule has 0 aliphatic carbocycles. The van der Waals surface area contributed by atoms with E-state index in [2.05, 4.69) is 40.7 Å². The van der Waals surface area contributed by atoms with Gasteiger partial charge < -0.3 is 10.5 Å². The molecule has 0 saturated carbocycles. The van der Waals surface area contributed by atoms with Crippen molar-refractivity contribution < 1.29 is 13.5 Å². The van der Waals surface area contributed by atoms with Crippen LogP contribution < -0.4 is 10.5 Å². The van der Waals surface area contributed by atoms with Crippen LogP contribution in [0.4, 0.5) is 14.6 Å². The molecule has 1 atom stereocenters. The maximum absolute atomic E-state index is 13.7. The molecule has 1 fully saturated rings. The predicted octanol–water partition coefficient (Wildman–Crippen LogP) is 5.12. The number of rotatable bonds is 5. The van der Waals surface area contributed by atoms with Gasteiger partial charge in [0.25, 0.3) is 6.43 Å². The van der Waals surface area contributed by atoms with Crippen molar-refractivity contribution in [1.82, 2.24) is 24.6 Å². The van der Waals surface area contributed by atoms with Crippen LogP contribution >= 0.6 is 11.6 Å². The molecule has 33 heavy (non-hydrogen) atoms. The van der Waals surface area contributed by atoms with Gasteiger partial charge in [-0.25, -0.2) is 23.4 Å². The quantitative estimate of drug-likeness (QED) is 0.547. The fraction of sp³-hybridized carbons (Fsp3) is 0.522. The molecular weight excluding hydrogens is 450 g/mol. The zero-order valence-electron chi connectivity index (χ0n) is 19.7. The van der Waals surface area contributed by atoms with Gasteiger partial charge in [0.2, 0.25) is 0 Å². The molecule has 1 aliphatic rings. The standard InChI is InChI=1S/C23H29ClF2N6O/c1-11-15(24)7-14(19(33-6)16(11)13-8-31(9-13)23(3,4)5)12(2)32-22-17(18(30-32)20(25)26)21(27)28-10-29-22/h7,10,12-13,20H,8-9H2,1-6H3,(H2,27,28,29). The Bertz CT molecular complexity index is 1200. The number of hydrogen-bond acceptors (Lipinski definition) is 6. The fourth-order valence-corrected chi connectivity index (χ4v) is 4.80. The maximum Gasteiger partial charge on any atom is 0.282 e. The number of alkyl halides is 2.